The maximum Gasteiger partial charge on any atom is 0.149 e. The van der Waals surface area contributed by atoms with Crippen molar-refractivity contribution in [3.05, 3.63) is 47.3 Å². The predicted octanol–water partition coefficient (Wildman–Crippen LogP) is 0.554. The van der Waals surface area contributed by atoms with E-state index in [4.69, 9.17) is 10.8 Å². The van der Waals surface area contributed by atoms with E-state index in [9.17, 15) is 8.78 Å². The number of nitrogens with two attached hydrogens (primary N) is 1. The normalized spacial score (nSPS) is 12.7. The summed E-state index contributed by atoms with van der Waals surface area (Å²) in [6, 6.07) is 3.60. The highest BCUT2D eigenvalue weighted by Gasteiger charge is 2.11. The summed E-state index contributed by atoms with van der Waals surface area (Å²) in [5, 5.41) is 16.2. The van der Waals surface area contributed by atoms with Crippen LogP contribution in [0.1, 0.15) is 17.5 Å². The second-order valence-electron chi connectivity index (χ2n) is 3.49. The van der Waals surface area contributed by atoms with Gasteiger partial charge in [-0.05, 0) is 12.1 Å². The third-order valence-electron chi connectivity index (χ3n) is 2.24. The van der Waals surface area contributed by atoms with Gasteiger partial charge in [-0.15, -0.1) is 5.10 Å². The lowest BCUT2D eigenvalue weighted by Gasteiger charge is -2.04. The molecular weight excluding hydrogens is 230 g/mol. The molecule has 0 saturated carbocycles. The third-order valence-corrected chi connectivity index (χ3v) is 2.24. The Bertz CT molecular complexity index is 507. The molecule has 0 saturated heterocycles. The van der Waals surface area contributed by atoms with Crippen LogP contribution in [0.25, 0.3) is 0 Å². The average molecular weight is 240 g/mol. The van der Waals surface area contributed by atoms with E-state index in [0.717, 1.165) is 12.1 Å². The monoisotopic (exact) mass is 240 g/mol. The van der Waals surface area contributed by atoms with E-state index in [1.165, 1.54) is 16.9 Å². The zero-order chi connectivity index (χ0) is 12.4. The lowest BCUT2D eigenvalue weighted by atomic mass is 10.2. The van der Waals surface area contributed by atoms with Crippen molar-refractivity contribution in [2.45, 2.75) is 12.8 Å². The second kappa shape index (κ2) is 4.56. The van der Waals surface area contributed by atoms with Crippen LogP contribution in [0.4, 0.5) is 8.78 Å². The topological polar surface area (TPSA) is 77.0 Å². The molecule has 0 aliphatic carbocycles. The van der Waals surface area contributed by atoms with E-state index in [-0.39, 0.29) is 17.8 Å². The van der Waals surface area contributed by atoms with Gasteiger partial charge in [0.1, 0.15) is 23.6 Å². The van der Waals surface area contributed by atoms with Gasteiger partial charge < -0.3 is 10.8 Å². The molecule has 0 aliphatic heterocycles. The maximum absolute atomic E-state index is 13.3. The number of aromatic nitrogens is 3. The van der Waals surface area contributed by atoms with Crippen LogP contribution in [-0.4, -0.2) is 20.1 Å². The minimum absolute atomic E-state index is 0.113. The van der Waals surface area contributed by atoms with E-state index in [1.807, 2.05) is 0 Å². The Morgan fingerprint density at radius 2 is 2.00 bits per heavy atom. The second-order valence-corrected chi connectivity index (χ2v) is 3.49. The number of aliphatic hydroxyl groups excluding tert-OH is 1. The quantitative estimate of drug-likeness (QED) is 0.768. The fraction of sp³-hybridized carbons (Fsp3) is 0.200. The first kappa shape index (κ1) is 11.6. The average Bonchev–Trinajstić information content (AvgIpc) is 2.72. The van der Waals surface area contributed by atoms with E-state index in [1.54, 1.807) is 0 Å². The molecule has 0 amide bonds. The van der Waals surface area contributed by atoms with Gasteiger partial charge in [0.25, 0.3) is 0 Å². The molecule has 1 heterocycles. The number of benzene rings is 1. The van der Waals surface area contributed by atoms with E-state index in [2.05, 4.69) is 10.3 Å². The van der Waals surface area contributed by atoms with E-state index in [0.29, 0.717) is 0 Å². The van der Waals surface area contributed by atoms with Crippen molar-refractivity contribution >= 4 is 0 Å². The molecule has 90 valence electrons. The Kier molecular flexibility index (Phi) is 3.12. The van der Waals surface area contributed by atoms with Crippen LogP contribution in [0, 0.1) is 11.6 Å². The Balaban J connectivity index is 2.25. The highest BCUT2D eigenvalue weighted by atomic mass is 19.1. The van der Waals surface area contributed by atoms with Crippen molar-refractivity contribution in [2.24, 2.45) is 5.73 Å². The molecule has 0 spiro atoms. The van der Waals surface area contributed by atoms with Crippen LogP contribution in [0.15, 0.2) is 24.4 Å². The van der Waals surface area contributed by atoms with Crippen LogP contribution in [0.5, 0.6) is 0 Å². The standard InChI is InChI=1S/C10H10F2N4O/c11-7-2-1-3-8(12)6(7)4-16-5-9(10(13)17)14-15-16/h1-3,5,10,17H,4,13H2. The first-order valence-electron chi connectivity index (χ1n) is 4.84. The smallest absolute Gasteiger partial charge is 0.149 e. The first-order valence-corrected chi connectivity index (χ1v) is 4.84. The van der Waals surface area contributed by atoms with Gasteiger partial charge in [0, 0.05) is 5.56 Å². The summed E-state index contributed by atoms with van der Waals surface area (Å²) in [6.45, 7) is -0.113. The summed E-state index contributed by atoms with van der Waals surface area (Å²) in [7, 11) is 0. The molecule has 0 bridgehead atoms. The fourth-order valence-corrected chi connectivity index (χ4v) is 1.37. The Morgan fingerprint density at radius 1 is 1.35 bits per heavy atom. The molecule has 5 nitrogen and oxygen atoms in total. The van der Waals surface area contributed by atoms with Crippen molar-refractivity contribution in [1.29, 1.82) is 0 Å². The van der Waals surface area contributed by atoms with Gasteiger partial charge in [-0.25, -0.2) is 13.5 Å². The SMILES string of the molecule is NC(O)c1cn(Cc2c(F)cccc2F)nn1. The summed E-state index contributed by atoms with van der Waals surface area (Å²) in [5.41, 5.74) is 5.20. The minimum atomic E-state index is -1.26. The molecule has 17 heavy (non-hydrogen) atoms. The molecule has 2 rings (SSSR count). The number of hydrogen-bond donors (Lipinski definition) is 2. The summed E-state index contributed by atoms with van der Waals surface area (Å²) in [6.07, 6.45) is 0.0746. The zero-order valence-electron chi connectivity index (χ0n) is 8.72. The largest absolute Gasteiger partial charge is 0.373 e. The summed E-state index contributed by atoms with van der Waals surface area (Å²) >= 11 is 0. The van der Waals surface area contributed by atoms with Gasteiger partial charge in [-0.1, -0.05) is 11.3 Å². The first-order chi connectivity index (χ1) is 8.08. The summed E-state index contributed by atoms with van der Waals surface area (Å²) < 4.78 is 27.9. The number of aliphatic hydroxyl groups is 1. The molecule has 7 heteroatoms. The highest BCUT2D eigenvalue weighted by Crippen LogP contribution is 2.13. The molecule has 1 aromatic carbocycles. The van der Waals surface area contributed by atoms with Crippen LogP contribution >= 0.6 is 0 Å². The molecule has 0 radical (unpaired) electrons. The van der Waals surface area contributed by atoms with E-state index < -0.39 is 17.9 Å². The van der Waals surface area contributed by atoms with Gasteiger partial charge in [0.05, 0.1) is 12.7 Å². The fourth-order valence-electron chi connectivity index (χ4n) is 1.37. The van der Waals surface area contributed by atoms with Crippen LogP contribution < -0.4 is 5.73 Å². The molecular formula is C10H10F2N4O. The molecule has 0 fully saturated rings. The van der Waals surface area contributed by atoms with Crippen molar-refractivity contribution in [3.8, 4) is 0 Å². The van der Waals surface area contributed by atoms with Crippen molar-refractivity contribution in [3.63, 3.8) is 0 Å². The zero-order valence-corrected chi connectivity index (χ0v) is 8.72. The van der Waals surface area contributed by atoms with Crippen molar-refractivity contribution in [1.82, 2.24) is 15.0 Å². The molecule has 3 N–H and O–H groups in total. The van der Waals surface area contributed by atoms with Gasteiger partial charge in [0.2, 0.25) is 0 Å². The molecule has 2 aromatic rings. The third kappa shape index (κ3) is 2.45. The number of rotatable bonds is 3. The van der Waals surface area contributed by atoms with Crippen molar-refractivity contribution < 1.29 is 13.9 Å². The van der Waals surface area contributed by atoms with Gasteiger partial charge in [0.15, 0.2) is 0 Å². The molecule has 1 atom stereocenters. The lowest BCUT2D eigenvalue weighted by molar-refractivity contribution is 0.181. The van der Waals surface area contributed by atoms with Crippen LogP contribution in [0.3, 0.4) is 0 Å². The number of hydrogen-bond acceptors (Lipinski definition) is 4. The van der Waals surface area contributed by atoms with E-state index >= 15 is 0 Å². The van der Waals surface area contributed by atoms with Crippen molar-refractivity contribution in [2.75, 3.05) is 0 Å². The maximum atomic E-state index is 13.3. The Labute approximate surface area is 95.5 Å². The highest BCUT2D eigenvalue weighted by molar-refractivity contribution is 5.19. The van der Waals surface area contributed by atoms with Crippen LogP contribution in [-0.2, 0) is 6.54 Å². The lowest BCUT2D eigenvalue weighted by Crippen LogP contribution is -2.09. The van der Waals surface area contributed by atoms with Gasteiger partial charge in [-0.2, -0.15) is 0 Å². The molecule has 1 aromatic heterocycles. The number of nitrogens with zero attached hydrogens (tertiary/aromatic N) is 3. The molecule has 1 unspecified atom stereocenters. The Hall–Kier alpha value is -1.86. The van der Waals surface area contributed by atoms with Crippen LogP contribution in [0.2, 0.25) is 0 Å². The molecule has 0 aliphatic rings. The van der Waals surface area contributed by atoms with Gasteiger partial charge >= 0.3 is 0 Å². The minimum Gasteiger partial charge on any atom is -0.373 e. The summed E-state index contributed by atoms with van der Waals surface area (Å²) in [4.78, 5) is 0. The predicted molar refractivity (Wildman–Crippen MR) is 54.6 cm³/mol. The Morgan fingerprint density at radius 3 is 2.53 bits per heavy atom. The van der Waals surface area contributed by atoms with Gasteiger partial charge in [-0.3, -0.25) is 0 Å². The summed E-state index contributed by atoms with van der Waals surface area (Å²) in [5.74, 6) is -1.31. The number of halogens is 2.